The lowest BCUT2D eigenvalue weighted by Crippen LogP contribution is -2.25. The summed E-state index contributed by atoms with van der Waals surface area (Å²) in [5, 5.41) is 10.3. The fourth-order valence-corrected chi connectivity index (χ4v) is 2.92. The highest BCUT2D eigenvalue weighted by Gasteiger charge is 2.20. The van der Waals surface area contributed by atoms with E-state index in [2.05, 4.69) is 20.5 Å². The molecule has 1 aliphatic rings. The molecule has 1 heterocycles. The first-order chi connectivity index (χ1) is 11.8. The average molecular weight is 346 g/mol. The molecule has 2 N–H and O–H groups in total. The lowest BCUT2D eigenvalue weighted by Gasteiger charge is -2.07. The fraction of sp³-hybridized carbons (Fsp3) is 0.471. The van der Waals surface area contributed by atoms with Crippen molar-refractivity contribution in [1.29, 1.82) is 0 Å². The van der Waals surface area contributed by atoms with Crippen LogP contribution in [0.15, 0.2) is 35.7 Å². The summed E-state index contributed by atoms with van der Waals surface area (Å²) >= 11 is 1.58. The molecule has 24 heavy (non-hydrogen) atoms. The highest BCUT2D eigenvalue weighted by molar-refractivity contribution is 7.98. The van der Waals surface area contributed by atoms with Gasteiger partial charge in [0.25, 0.3) is 5.91 Å². The van der Waals surface area contributed by atoms with Gasteiger partial charge in [-0.3, -0.25) is 9.89 Å². The van der Waals surface area contributed by atoms with Gasteiger partial charge in [0.05, 0.1) is 0 Å². The Morgan fingerprint density at radius 2 is 2.17 bits per heavy atom. The minimum atomic E-state index is -0.0355. The van der Waals surface area contributed by atoms with E-state index in [1.807, 2.05) is 24.3 Å². The molecule has 3 rings (SSSR count). The van der Waals surface area contributed by atoms with Gasteiger partial charge in [0, 0.05) is 31.1 Å². The number of thioether (sulfide) groups is 1. The van der Waals surface area contributed by atoms with Crippen LogP contribution in [-0.2, 0) is 10.5 Å². The van der Waals surface area contributed by atoms with Crippen molar-refractivity contribution in [2.75, 3.05) is 19.8 Å². The van der Waals surface area contributed by atoms with Crippen LogP contribution in [0.1, 0.15) is 35.2 Å². The molecule has 0 spiro atoms. The van der Waals surface area contributed by atoms with E-state index in [9.17, 15) is 4.79 Å². The molecular formula is C17H22N4O2S. The largest absolute Gasteiger partial charge is 0.381 e. The third kappa shape index (κ3) is 5.65. The molecule has 1 saturated carbocycles. The summed E-state index contributed by atoms with van der Waals surface area (Å²) in [6.45, 7) is 2.24. The molecule has 1 aliphatic carbocycles. The molecule has 6 nitrogen and oxygen atoms in total. The van der Waals surface area contributed by atoms with Crippen molar-refractivity contribution < 1.29 is 9.53 Å². The minimum Gasteiger partial charge on any atom is -0.381 e. The zero-order valence-corrected chi connectivity index (χ0v) is 14.3. The SMILES string of the molecule is O=C(NCCCOCC1CC1)c1ccc(CSc2ncn[nH]2)cc1. The Morgan fingerprint density at radius 1 is 1.33 bits per heavy atom. The number of rotatable bonds is 10. The Kier molecular flexibility index (Phi) is 6.26. The number of aromatic amines is 1. The zero-order valence-electron chi connectivity index (χ0n) is 13.5. The zero-order chi connectivity index (χ0) is 16.6. The Morgan fingerprint density at radius 3 is 2.88 bits per heavy atom. The number of H-pyrrole nitrogens is 1. The van der Waals surface area contributed by atoms with Crippen LogP contribution in [0.25, 0.3) is 0 Å². The second-order valence-corrected chi connectivity index (χ2v) is 6.87. The van der Waals surface area contributed by atoms with Crippen molar-refractivity contribution in [3.63, 3.8) is 0 Å². The third-order valence-electron chi connectivity index (χ3n) is 3.79. The van der Waals surface area contributed by atoms with Crippen LogP contribution in [0.3, 0.4) is 0 Å². The van der Waals surface area contributed by atoms with E-state index < -0.39 is 0 Å². The second kappa shape index (κ2) is 8.84. The maximum atomic E-state index is 12.1. The van der Waals surface area contributed by atoms with Gasteiger partial charge in [0.1, 0.15) is 6.33 Å². The summed E-state index contributed by atoms with van der Waals surface area (Å²) < 4.78 is 5.55. The maximum Gasteiger partial charge on any atom is 0.251 e. The highest BCUT2D eigenvalue weighted by atomic mass is 32.2. The summed E-state index contributed by atoms with van der Waals surface area (Å²) in [6.07, 6.45) is 4.96. The van der Waals surface area contributed by atoms with Gasteiger partial charge in [-0.1, -0.05) is 23.9 Å². The Bertz CT molecular complexity index is 627. The number of hydrogen-bond donors (Lipinski definition) is 2. The Labute approximate surface area is 145 Å². The molecule has 0 bridgehead atoms. The maximum absolute atomic E-state index is 12.1. The van der Waals surface area contributed by atoms with E-state index in [0.29, 0.717) is 18.7 Å². The minimum absolute atomic E-state index is 0.0355. The van der Waals surface area contributed by atoms with Crippen LogP contribution in [0, 0.1) is 5.92 Å². The van der Waals surface area contributed by atoms with Gasteiger partial charge in [-0.2, -0.15) is 5.10 Å². The first-order valence-electron chi connectivity index (χ1n) is 8.24. The molecule has 128 valence electrons. The first kappa shape index (κ1) is 17.0. The number of nitrogens with one attached hydrogen (secondary N) is 2. The number of carbonyl (C=O) groups is 1. The van der Waals surface area contributed by atoms with Crippen molar-refractivity contribution in [2.24, 2.45) is 5.92 Å². The Hall–Kier alpha value is -1.86. The van der Waals surface area contributed by atoms with Crippen molar-refractivity contribution in [3.8, 4) is 0 Å². The van der Waals surface area contributed by atoms with E-state index >= 15 is 0 Å². The summed E-state index contributed by atoms with van der Waals surface area (Å²) in [7, 11) is 0. The predicted octanol–water partition coefficient (Wildman–Crippen LogP) is 2.64. The van der Waals surface area contributed by atoms with Gasteiger partial charge in [-0.25, -0.2) is 4.98 Å². The van der Waals surface area contributed by atoms with Gasteiger partial charge in [-0.15, -0.1) is 0 Å². The quantitative estimate of drug-likeness (QED) is 0.511. The van der Waals surface area contributed by atoms with Crippen LogP contribution < -0.4 is 5.32 Å². The molecule has 0 aliphatic heterocycles. The van der Waals surface area contributed by atoms with Gasteiger partial charge in [0.2, 0.25) is 0 Å². The monoisotopic (exact) mass is 346 g/mol. The molecule has 1 aromatic heterocycles. The number of carbonyl (C=O) groups excluding carboxylic acids is 1. The smallest absolute Gasteiger partial charge is 0.251 e. The van der Waals surface area contributed by atoms with Crippen LogP contribution >= 0.6 is 11.8 Å². The second-order valence-electron chi connectivity index (χ2n) is 5.90. The van der Waals surface area contributed by atoms with E-state index in [1.165, 1.54) is 19.2 Å². The van der Waals surface area contributed by atoms with Crippen molar-refractivity contribution >= 4 is 17.7 Å². The fourth-order valence-electron chi connectivity index (χ4n) is 2.18. The molecule has 1 fully saturated rings. The van der Waals surface area contributed by atoms with E-state index in [1.54, 1.807) is 11.8 Å². The molecule has 1 aromatic carbocycles. The van der Waals surface area contributed by atoms with Crippen LogP contribution in [0.2, 0.25) is 0 Å². The van der Waals surface area contributed by atoms with Gasteiger partial charge < -0.3 is 10.1 Å². The Balaban J connectivity index is 1.33. The topological polar surface area (TPSA) is 79.9 Å². The van der Waals surface area contributed by atoms with E-state index in [-0.39, 0.29) is 5.91 Å². The van der Waals surface area contributed by atoms with Gasteiger partial charge >= 0.3 is 0 Å². The molecule has 0 radical (unpaired) electrons. The van der Waals surface area contributed by atoms with Crippen molar-refractivity contribution in [1.82, 2.24) is 20.5 Å². The number of nitrogens with zero attached hydrogens (tertiary/aromatic N) is 2. The summed E-state index contributed by atoms with van der Waals surface area (Å²) in [6, 6.07) is 7.65. The van der Waals surface area contributed by atoms with Gasteiger partial charge in [-0.05, 0) is 42.9 Å². The highest BCUT2D eigenvalue weighted by Crippen LogP contribution is 2.28. The normalized spacial score (nSPS) is 13.8. The number of amides is 1. The predicted molar refractivity (Wildman–Crippen MR) is 92.9 cm³/mol. The van der Waals surface area contributed by atoms with E-state index in [0.717, 1.165) is 35.4 Å². The standard InChI is InChI=1S/C17H22N4O2S/c22-16(18-8-1-9-23-10-13-2-3-13)15-6-4-14(5-7-15)11-24-17-19-12-20-21-17/h4-7,12-13H,1-3,8-11H2,(H,18,22)(H,19,20,21). The summed E-state index contributed by atoms with van der Waals surface area (Å²) in [5.41, 5.74) is 1.82. The lowest BCUT2D eigenvalue weighted by atomic mass is 10.1. The third-order valence-corrected chi connectivity index (χ3v) is 4.73. The molecule has 1 amide bonds. The molecule has 0 unspecified atom stereocenters. The molecule has 0 saturated heterocycles. The average Bonchev–Trinajstić information content (AvgIpc) is 3.29. The molecule has 0 atom stereocenters. The van der Waals surface area contributed by atoms with Crippen LogP contribution in [0.4, 0.5) is 0 Å². The number of hydrogen-bond acceptors (Lipinski definition) is 5. The van der Waals surface area contributed by atoms with E-state index in [4.69, 9.17) is 4.74 Å². The summed E-state index contributed by atoms with van der Waals surface area (Å²) in [5.74, 6) is 1.54. The van der Waals surface area contributed by atoms with Crippen LogP contribution in [0.5, 0.6) is 0 Å². The number of aromatic nitrogens is 3. The lowest BCUT2D eigenvalue weighted by molar-refractivity contribution is 0.0937. The number of ether oxygens (including phenoxy) is 1. The summed E-state index contributed by atoms with van der Waals surface area (Å²) in [4.78, 5) is 16.1. The number of benzene rings is 1. The van der Waals surface area contributed by atoms with Crippen molar-refractivity contribution in [2.45, 2.75) is 30.2 Å². The molecule has 2 aromatic rings. The molecule has 7 heteroatoms. The van der Waals surface area contributed by atoms with Gasteiger partial charge in [0.15, 0.2) is 5.16 Å². The first-order valence-corrected chi connectivity index (χ1v) is 9.23. The van der Waals surface area contributed by atoms with Crippen molar-refractivity contribution in [3.05, 3.63) is 41.7 Å². The van der Waals surface area contributed by atoms with Crippen LogP contribution in [-0.4, -0.2) is 40.8 Å². The molecular weight excluding hydrogens is 324 g/mol.